The lowest BCUT2D eigenvalue weighted by atomic mass is 9.86. The Hall–Kier alpha value is -0.300. The predicted octanol–water partition coefficient (Wildman–Crippen LogP) is 4.15. The van der Waals surface area contributed by atoms with Gasteiger partial charge in [0, 0.05) is 12.6 Å². The topological polar surface area (TPSA) is 12.0 Å². The fourth-order valence-corrected chi connectivity index (χ4v) is 2.38. The highest BCUT2D eigenvalue weighted by molar-refractivity contribution is 5.09. The van der Waals surface area contributed by atoms with E-state index in [-0.39, 0.29) is 0 Å². The minimum absolute atomic E-state index is 0.591. The lowest BCUT2D eigenvalue weighted by molar-refractivity contribution is 0.414. The molecular formula is C15H29N. The number of allylic oxidation sites excluding steroid dienone is 1. The summed E-state index contributed by atoms with van der Waals surface area (Å²) in [4.78, 5) is 0. The van der Waals surface area contributed by atoms with Gasteiger partial charge in [-0.3, -0.25) is 0 Å². The first-order valence-corrected chi connectivity index (χ1v) is 7.03. The molecule has 1 aliphatic carbocycles. The van der Waals surface area contributed by atoms with Crippen LogP contribution in [0.25, 0.3) is 0 Å². The van der Waals surface area contributed by atoms with Crippen molar-refractivity contribution in [3.05, 3.63) is 11.6 Å². The average Bonchev–Trinajstić information content (AvgIpc) is 2.25. The fraction of sp³-hybridized carbons (Fsp3) is 0.867. The maximum absolute atomic E-state index is 3.55. The van der Waals surface area contributed by atoms with E-state index in [2.05, 4.69) is 39.1 Å². The lowest BCUT2D eigenvalue weighted by Crippen LogP contribution is -2.26. The predicted molar refractivity (Wildman–Crippen MR) is 72.6 cm³/mol. The van der Waals surface area contributed by atoms with Gasteiger partial charge in [0.25, 0.3) is 0 Å². The number of rotatable bonds is 5. The van der Waals surface area contributed by atoms with Crippen LogP contribution in [-0.2, 0) is 0 Å². The van der Waals surface area contributed by atoms with E-state index in [0.717, 1.165) is 12.5 Å². The Morgan fingerprint density at radius 2 is 1.75 bits per heavy atom. The molecule has 0 aromatic heterocycles. The summed E-state index contributed by atoms with van der Waals surface area (Å²) in [6, 6.07) is 0.591. The van der Waals surface area contributed by atoms with Crippen LogP contribution in [0.15, 0.2) is 11.6 Å². The second kappa shape index (κ2) is 7.11. The second-order valence-electron chi connectivity index (χ2n) is 5.83. The summed E-state index contributed by atoms with van der Waals surface area (Å²) in [5.74, 6) is 1.55. The molecule has 1 rings (SSSR count). The highest BCUT2D eigenvalue weighted by Gasteiger charge is 2.13. The molecule has 1 nitrogen and oxygen atoms in total. The molecule has 0 aliphatic heterocycles. The summed E-state index contributed by atoms with van der Waals surface area (Å²) in [7, 11) is 0. The molecule has 1 aliphatic rings. The monoisotopic (exact) mass is 223 g/mol. The quantitative estimate of drug-likeness (QED) is 0.691. The minimum Gasteiger partial charge on any atom is -0.311 e. The van der Waals surface area contributed by atoms with Crippen LogP contribution >= 0.6 is 0 Å². The van der Waals surface area contributed by atoms with Crippen LogP contribution in [0.1, 0.15) is 59.8 Å². The zero-order valence-corrected chi connectivity index (χ0v) is 11.6. The van der Waals surface area contributed by atoms with E-state index in [9.17, 15) is 0 Å². The highest BCUT2D eigenvalue weighted by Crippen LogP contribution is 2.26. The van der Waals surface area contributed by atoms with Gasteiger partial charge in [0.1, 0.15) is 0 Å². The summed E-state index contributed by atoms with van der Waals surface area (Å²) in [5, 5.41) is 3.55. The van der Waals surface area contributed by atoms with Gasteiger partial charge in [-0.15, -0.1) is 0 Å². The minimum atomic E-state index is 0.591. The summed E-state index contributed by atoms with van der Waals surface area (Å²) < 4.78 is 0. The third-order valence-electron chi connectivity index (χ3n) is 3.56. The van der Waals surface area contributed by atoms with Gasteiger partial charge in [-0.2, -0.15) is 0 Å². The van der Waals surface area contributed by atoms with Crippen LogP contribution in [0.2, 0.25) is 0 Å². The van der Waals surface area contributed by atoms with Crippen molar-refractivity contribution in [2.45, 2.75) is 65.8 Å². The number of nitrogens with one attached hydrogen (secondary N) is 1. The van der Waals surface area contributed by atoms with Crippen molar-refractivity contribution in [3.63, 3.8) is 0 Å². The maximum atomic E-state index is 3.55. The van der Waals surface area contributed by atoms with Gasteiger partial charge in [0.2, 0.25) is 0 Å². The van der Waals surface area contributed by atoms with E-state index in [1.54, 1.807) is 5.57 Å². The van der Waals surface area contributed by atoms with E-state index < -0.39 is 0 Å². The van der Waals surface area contributed by atoms with E-state index in [1.165, 1.54) is 32.1 Å². The van der Waals surface area contributed by atoms with Gasteiger partial charge < -0.3 is 5.32 Å². The van der Waals surface area contributed by atoms with E-state index in [4.69, 9.17) is 0 Å². The van der Waals surface area contributed by atoms with Gasteiger partial charge in [0.15, 0.2) is 0 Å². The van der Waals surface area contributed by atoms with Crippen LogP contribution < -0.4 is 5.32 Å². The molecule has 0 atom stereocenters. The zero-order chi connectivity index (χ0) is 12.0. The van der Waals surface area contributed by atoms with E-state index in [1.807, 2.05) is 0 Å². The Balaban J connectivity index is 2.49. The van der Waals surface area contributed by atoms with Crippen LogP contribution in [0.4, 0.5) is 0 Å². The Kier molecular flexibility index (Phi) is 6.12. The molecule has 16 heavy (non-hydrogen) atoms. The smallest absolute Gasteiger partial charge is 0.0169 e. The standard InChI is InChI=1S/C15H29N/c1-12(2)15(11-16-13(3)4)10-14-8-6-5-7-9-14/h10,12-14,16H,5-9,11H2,1-4H3. The van der Waals surface area contributed by atoms with Crippen LogP contribution in [0.5, 0.6) is 0 Å². The Morgan fingerprint density at radius 3 is 2.25 bits per heavy atom. The molecule has 0 radical (unpaired) electrons. The van der Waals surface area contributed by atoms with Crippen LogP contribution in [0.3, 0.4) is 0 Å². The largest absolute Gasteiger partial charge is 0.311 e. The molecule has 0 saturated heterocycles. The molecule has 0 aromatic rings. The van der Waals surface area contributed by atoms with Gasteiger partial charge in [0.05, 0.1) is 0 Å². The summed E-state index contributed by atoms with van der Waals surface area (Å²) >= 11 is 0. The molecule has 0 heterocycles. The van der Waals surface area contributed by atoms with Crippen LogP contribution in [-0.4, -0.2) is 12.6 Å². The average molecular weight is 223 g/mol. The Labute approximate surface area is 102 Å². The van der Waals surface area contributed by atoms with Gasteiger partial charge in [-0.1, -0.05) is 58.6 Å². The summed E-state index contributed by atoms with van der Waals surface area (Å²) in [6.07, 6.45) is 9.72. The van der Waals surface area contributed by atoms with Crippen LogP contribution in [0, 0.1) is 11.8 Å². The van der Waals surface area contributed by atoms with Crippen molar-refractivity contribution in [2.24, 2.45) is 11.8 Å². The molecule has 94 valence electrons. The van der Waals surface area contributed by atoms with Gasteiger partial charge in [-0.05, 0) is 24.7 Å². The summed E-state index contributed by atoms with van der Waals surface area (Å²) in [6.45, 7) is 10.1. The molecule has 0 unspecified atom stereocenters. The third-order valence-corrected chi connectivity index (χ3v) is 3.56. The molecule has 1 N–H and O–H groups in total. The van der Waals surface area contributed by atoms with Crippen molar-refractivity contribution in [2.75, 3.05) is 6.54 Å². The molecule has 1 saturated carbocycles. The maximum Gasteiger partial charge on any atom is 0.0169 e. The first kappa shape index (κ1) is 13.8. The number of hydrogen-bond acceptors (Lipinski definition) is 1. The molecule has 0 aromatic carbocycles. The Morgan fingerprint density at radius 1 is 1.12 bits per heavy atom. The van der Waals surface area contributed by atoms with Crippen molar-refractivity contribution < 1.29 is 0 Å². The van der Waals surface area contributed by atoms with Gasteiger partial charge >= 0.3 is 0 Å². The first-order valence-electron chi connectivity index (χ1n) is 7.03. The molecule has 0 bridgehead atoms. The fourth-order valence-electron chi connectivity index (χ4n) is 2.38. The summed E-state index contributed by atoms with van der Waals surface area (Å²) in [5.41, 5.74) is 1.61. The molecule has 0 spiro atoms. The molecule has 1 heteroatoms. The lowest BCUT2D eigenvalue weighted by Gasteiger charge is -2.22. The van der Waals surface area contributed by atoms with Crippen molar-refractivity contribution in [3.8, 4) is 0 Å². The Bertz CT molecular complexity index is 209. The zero-order valence-electron chi connectivity index (χ0n) is 11.6. The molecule has 0 amide bonds. The third kappa shape index (κ3) is 5.16. The van der Waals surface area contributed by atoms with Crippen molar-refractivity contribution in [1.82, 2.24) is 5.32 Å². The normalized spacial score (nSPS) is 19.8. The highest BCUT2D eigenvalue weighted by atomic mass is 14.9. The van der Waals surface area contributed by atoms with Crippen molar-refractivity contribution >= 4 is 0 Å². The molecular weight excluding hydrogens is 194 g/mol. The van der Waals surface area contributed by atoms with Gasteiger partial charge in [-0.25, -0.2) is 0 Å². The number of hydrogen-bond donors (Lipinski definition) is 1. The second-order valence-corrected chi connectivity index (χ2v) is 5.83. The molecule has 1 fully saturated rings. The van der Waals surface area contributed by atoms with Crippen molar-refractivity contribution in [1.29, 1.82) is 0 Å². The van der Waals surface area contributed by atoms with E-state index >= 15 is 0 Å². The van der Waals surface area contributed by atoms with E-state index in [0.29, 0.717) is 12.0 Å². The first-order chi connectivity index (χ1) is 7.59. The SMILES string of the molecule is CC(C)NCC(=CC1CCCCC1)C(C)C.